The number of aromatic nitrogens is 1. The molecule has 1 fully saturated rings. The quantitative estimate of drug-likeness (QED) is 0.768. The average Bonchev–Trinajstić information content (AvgIpc) is 3.06. The zero-order chi connectivity index (χ0) is 19.5. The Hall–Kier alpha value is -2.31. The largest absolute Gasteiger partial charge is 0.487 e. The first kappa shape index (κ1) is 17.8. The van der Waals surface area contributed by atoms with Gasteiger partial charge in [0.05, 0.1) is 11.1 Å². The fraction of sp³-hybridized carbons (Fsp3) is 0.429. The fourth-order valence-electron chi connectivity index (χ4n) is 5.00. The highest BCUT2D eigenvalue weighted by atomic mass is 35.5. The molecule has 1 spiro atoms. The van der Waals surface area contributed by atoms with Gasteiger partial charge in [0.15, 0.2) is 0 Å². The Balaban J connectivity index is 1.69. The molecular weight excluding hydrogens is 378 g/mol. The molecule has 1 aliphatic carbocycles. The van der Waals surface area contributed by atoms with Crippen LogP contribution >= 0.6 is 11.6 Å². The van der Waals surface area contributed by atoms with Gasteiger partial charge in [-0.15, -0.1) is 0 Å². The van der Waals surface area contributed by atoms with Crippen molar-refractivity contribution in [2.45, 2.75) is 43.4 Å². The van der Waals surface area contributed by atoms with Gasteiger partial charge in [0.2, 0.25) is 0 Å². The number of aliphatic hydroxyl groups excluding tert-OH is 1. The minimum absolute atomic E-state index is 0.0370. The molecule has 3 N–H and O–H groups in total. The molecular formula is C21H22ClN3O3. The molecule has 28 heavy (non-hydrogen) atoms. The lowest BCUT2D eigenvalue weighted by atomic mass is 9.62. The predicted octanol–water partition coefficient (Wildman–Crippen LogP) is 3.25. The summed E-state index contributed by atoms with van der Waals surface area (Å²) in [5, 5.41) is 11.0. The molecule has 6 nitrogen and oxygen atoms in total. The summed E-state index contributed by atoms with van der Waals surface area (Å²) < 4.78 is 12.1. The van der Waals surface area contributed by atoms with Crippen LogP contribution < -0.4 is 10.5 Å². The Bertz CT molecular complexity index is 981. The maximum Gasteiger partial charge on any atom is 0.283 e. The summed E-state index contributed by atoms with van der Waals surface area (Å²) >= 11 is 6.13. The number of hydrogen-bond acceptors (Lipinski definition) is 6. The number of hydrogen-bond donors (Lipinski definition) is 2. The minimum Gasteiger partial charge on any atom is -0.487 e. The third kappa shape index (κ3) is 2.58. The van der Waals surface area contributed by atoms with E-state index in [-0.39, 0.29) is 18.0 Å². The molecule has 1 aromatic heterocycles. The molecule has 7 heteroatoms. The van der Waals surface area contributed by atoms with Gasteiger partial charge in [-0.25, -0.2) is 4.99 Å². The summed E-state index contributed by atoms with van der Waals surface area (Å²) in [5.74, 6) is 0.751. The molecule has 0 amide bonds. The second-order valence-electron chi connectivity index (χ2n) is 8.16. The zero-order valence-corrected chi connectivity index (χ0v) is 16.3. The number of ether oxygens (including phenoxy) is 2. The van der Waals surface area contributed by atoms with Crippen LogP contribution in [-0.2, 0) is 10.3 Å². The molecule has 0 saturated heterocycles. The van der Waals surface area contributed by atoms with Crippen molar-refractivity contribution in [2.75, 3.05) is 6.61 Å². The van der Waals surface area contributed by atoms with Crippen LogP contribution in [0.2, 0.25) is 5.02 Å². The van der Waals surface area contributed by atoms with Gasteiger partial charge >= 0.3 is 0 Å². The third-order valence-electron chi connectivity index (χ3n) is 6.37. The molecule has 0 radical (unpaired) electrons. The number of aliphatic imine (C=N–C) groups is 1. The Morgan fingerprint density at radius 3 is 2.86 bits per heavy atom. The van der Waals surface area contributed by atoms with Crippen molar-refractivity contribution >= 4 is 17.6 Å². The van der Waals surface area contributed by atoms with Gasteiger partial charge in [0, 0.05) is 29.4 Å². The van der Waals surface area contributed by atoms with Crippen LogP contribution in [0.15, 0.2) is 41.7 Å². The van der Waals surface area contributed by atoms with Crippen LogP contribution in [0.3, 0.4) is 0 Å². The van der Waals surface area contributed by atoms with Crippen molar-refractivity contribution < 1.29 is 14.6 Å². The smallest absolute Gasteiger partial charge is 0.283 e. The van der Waals surface area contributed by atoms with E-state index in [2.05, 4.69) is 18.0 Å². The summed E-state index contributed by atoms with van der Waals surface area (Å²) in [4.78, 5) is 8.97. The summed E-state index contributed by atoms with van der Waals surface area (Å²) in [5.41, 5.74) is 7.68. The summed E-state index contributed by atoms with van der Waals surface area (Å²) in [6.07, 6.45) is 5.08. The second-order valence-corrected chi connectivity index (χ2v) is 8.60. The lowest BCUT2D eigenvalue weighted by Crippen LogP contribution is -2.58. The highest BCUT2D eigenvalue weighted by Crippen LogP contribution is 2.57. The van der Waals surface area contributed by atoms with Crippen LogP contribution in [0.25, 0.3) is 11.1 Å². The maximum atomic E-state index is 10.4. The first-order valence-electron chi connectivity index (χ1n) is 9.50. The molecule has 3 unspecified atom stereocenters. The van der Waals surface area contributed by atoms with Gasteiger partial charge in [0.1, 0.15) is 23.5 Å². The van der Waals surface area contributed by atoms with Crippen molar-refractivity contribution in [3.63, 3.8) is 0 Å². The van der Waals surface area contributed by atoms with E-state index in [1.54, 1.807) is 12.4 Å². The standard InChI is InChI=1S/C21H22ClN3O3/c1-20-5-4-15(26)8-18(20)21(11-27-19(23)25-21)16-7-12(2-3-17(16)28-20)13-6-14(22)10-24-9-13/h2-3,6-7,9-10,15,18,26H,4-5,8,11H2,1H3,(H2,23,25)/t15?,18?,20?,21-/m1/s1. The van der Waals surface area contributed by atoms with Crippen molar-refractivity contribution in [3.8, 4) is 16.9 Å². The number of pyridine rings is 1. The summed E-state index contributed by atoms with van der Waals surface area (Å²) in [7, 11) is 0. The molecule has 1 saturated carbocycles. The van der Waals surface area contributed by atoms with Crippen molar-refractivity contribution in [1.82, 2.24) is 4.98 Å². The van der Waals surface area contributed by atoms with Gasteiger partial charge in [0.25, 0.3) is 6.02 Å². The predicted molar refractivity (Wildman–Crippen MR) is 106 cm³/mol. The van der Waals surface area contributed by atoms with E-state index < -0.39 is 11.1 Å². The van der Waals surface area contributed by atoms with Crippen LogP contribution in [0.4, 0.5) is 0 Å². The Morgan fingerprint density at radius 2 is 2.11 bits per heavy atom. The average molecular weight is 400 g/mol. The number of amidine groups is 1. The van der Waals surface area contributed by atoms with Crippen molar-refractivity contribution in [1.29, 1.82) is 0 Å². The van der Waals surface area contributed by atoms with Crippen LogP contribution in [-0.4, -0.2) is 34.4 Å². The molecule has 146 valence electrons. The first-order valence-corrected chi connectivity index (χ1v) is 9.88. The molecule has 2 aliphatic heterocycles. The Morgan fingerprint density at radius 1 is 1.25 bits per heavy atom. The molecule has 3 aliphatic rings. The summed E-state index contributed by atoms with van der Waals surface area (Å²) in [6, 6.07) is 8.11. The van der Waals surface area contributed by atoms with Crippen molar-refractivity contribution in [2.24, 2.45) is 16.6 Å². The lowest BCUT2D eigenvalue weighted by Gasteiger charge is -2.53. The molecule has 3 heterocycles. The van der Waals surface area contributed by atoms with Crippen LogP contribution in [0.5, 0.6) is 5.75 Å². The van der Waals surface area contributed by atoms with Crippen LogP contribution in [0, 0.1) is 5.92 Å². The van der Waals surface area contributed by atoms with Gasteiger partial charge in [-0.05, 0) is 49.9 Å². The topological polar surface area (TPSA) is 90.0 Å². The van der Waals surface area contributed by atoms with E-state index in [9.17, 15) is 5.11 Å². The monoisotopic (exact) mass is 399 g/mol. The Labute approximate surface area is 168 Å². The van der Waals surface area contributed by atoms with E-state index >= 15 is 0 Å². The molecule has 0 bridgehead atoms. The minimum atomic E-state index is -0.671. The number of halogens is 1. The number of aliphatic hydroxyl groups is 1. The van der Waals surface area contributed by atoms with Gasteiger partial charge in [-0.3, -0.25) is 4.98 Å². The van der Waals surface area contributed by atoms with Crippen LogP contribution in [0.1, 0.15) is 31.7 Å². The molecule has 4 atom stereocenters. The SMILES string of the molecule is CC12CCC(O)CC1[C@@]1(COC(N)=N1)c1cc(-c3cncc(Cl)c3)ccc1O2. The zero-order valence-electron chi connectivity index (χ0n) is 15.6. The highest BCUT2D eigenvalue weighted by molar-refractivity contribution is 6.30. The number of benzene rings is 1. The number of fused-ring (bicyclic) bond motifs is 4. The van der Waals surface area contributed by atoms with Gasteiger partial charge in [-0.1, -0.05) is 17.7 Å². The van der Waals surface area contributed by atoms with E-state index in [0.717, 1.165) is 28.9 Å². The van der Waals surface area contributed by atoms with E-state index in [4.69, 9.17) is 31.8 Å². The van der Waals surface area contributed by atoms with E-state index in [1.807, 2.05) is 18.2 Å². The Kier molecular flexibility index (Phi) is 3.87. The normalized spacial score (nSPS) is 33.5. The molecule has 1 aromatic carbocycles. The van der Waals surface area contributed by atoms with Crippen molar-refractivity contribution in [3.05, 3.63) is 47.2 Å². The van der Waals surface area contributed by atoms with Gasteiger partial charge in [-0.2, -0.15) is 0 Å². The fourth-order valence-corrected chi connectivity index (χ4v) is 5.17. The first-order chi connectivity index (χ1) is 13.4. The number of rotatable bonds is 1. The van der Waals surface area contributed by atoms with Gasteiger partial charge < -0.3 is 20.3 Å². The molecule has 2 aromatic rings. The highest BCUT2D eigenvalue weighted by Gasteiger charge is 2.60. The van der Waals surface area contributed by atoms with E-state index in [0.29, 0.717) is 24.5 Å². The third-order valence-corrected chi connectivity index (χ3v) is 6.58. The van der Waals surface area contributed by atoms with E-state index in [1.165, 1.54) is 0 Å². The lowest BCUT2D eigenvalue weighted by molar-refractivity contribution is -0.0988. The number of nitrogens with two attached hydrogens (primary N) is 1. The maximum absolute atomic E-state index is 10.4. The molecule has 5 rings (SSSR count). The summed E-state index contributed by atoms with van der Waals surface area (Å²) in [6.45, 7) is 2.45. The number of nitrogens with zero attached hydrogens (tertiary/aromatic N) is 2. The second kappa shape index (κ2) is 6.09.